The number of hydrogen-bond donors (Lipinski definition) is 2. The highest BCUT2D eigenvalue weighted by Crippen LogP contribution is 2.18. The van der Waals surface area contributed by atoms with Crippen LogP contribution in [-0.4, -0.2) is 44.8 Å². The van der Waals surface area contributed by atoms with Crippen molar-refractivity contribution in [3.63, 3.8) is 0 Å². The molecule has 1 fully saturated rings. The van der Waals surface area contributed by atoms with E-state index in [0.29, 0.717) is 18.8 Å². The summed E-state index contributed by atoms with van der Waals surface area (Å²) in [4.78, 5) is 24.1. The van der Waals surface area contributed by atoms with Crippen LogP contribution < -0.4 is 10.6 Å². The van der Waals surface area contributed by atoms with E-state index >= 15 is 0 Å². The normalized spacial score (nSPS) is 18.4. The minimum absolute atomic E-state index is 0. The Morgan fingerprint density at radius 2 is 2.13 bits per heavy atom. The van der Waals surface area contributed by atoms with Crippen LogP contribution in [0.3, 0.4) is 0 Å². The zero-order chi connectivity index (χ0) is 15.9. The lowest BCUT2D eigenvalue weighted by Crippen LogP contribution is -2.45. The molecule has 0 spiro atoms. The van der Waals surface area contributed by atoms with Crippen LogP contribution in [0.4, 0.5) is 0 Å². The molecule has 2 N–H and O–H groups in total. The van der Waals surface area contributed by atoms with E-state index in [-0.39, 0.29) is 30.8 Å². The lowest BCUT2D eigenvalue weighted by molar-refractivity contribution is -0.145. The van der Waals surface area contributed by atoms with E-state index in [2.05, 4.69) is 26.6 Å². The molecule has 1 aliphatic heterocycles. The van der Waals surface area contributed by atoms with E-state index in [0.717, 1.165) is 11.0 Å². The van der Waals surface area contributed by atoms with Crippen molar-refractivity contribution in [3.05, 3.63) is 34.3 Å². The molecule has 1 aromatic carbocycles. The molecule has 6 nitrogen and oxygen atoms in total. The molecule has 128 valence electrons. The van der Waals surface area contributed by atoms with E-state index in [9.17, 15) is 9.59 Å². The number of esters is 1. The van der Waals surface area contributed by atoms with Gasteiger partial charge in [0.1, 0.15) is 0 Å². The molecular formula is C15H20BrClN2O4. The fourth-order valence-electron chi connectivity index (χ4n) is 2.25. The average molecular weight is 408 g/mol. The Balaban J connectivity index is 0.00000264. The summed E-state index contributed by atoms with van der Waals surface area (Å²) in [7, 11) is 1.30. The quantitative estimate of drug-likeness (QED) is 0.725. The van der Waals surface area contributed by atoms with Crippen molar-refractivity contribution in [1.82, 2.24) is 10.6 Å². The van der Waals surface area contributed by atoms with E-state index in [1.165, 1.54) is 7.11 Å². The molecule has 1 saturated heterocycles. The Kier molecular flexibility index (Phi) is 8.54. The predicted molar refractivity (Wildman–Crippen MR) is 91.5 cm³/mol. The van der Waals surface area contributed by atoms with E-state index in [1.807, 2.05) is 12.1 Å². The van der Waals surface area contributed by atoms with Crippen LogP contribution >= 0.6 is 28.3 Å². The van der Waals surface area contributed by atoms with Crippen molar-refractivity contribution >= 4 is 40.2 Å². The summed E-state index contributed by atoms with van der Waals surface area (Å²) in [6, 6.07) is 6.33. The Morgan fingerprint density at radius 3 is 2.70 bits per heavy atom. The van der Waals surface area contributed by atoms with Gasteiger partial charge in [-0.05, 0) is 17.7 Å². The monoisotopic (exact) mass is 406 g/mol. The molecule has 1 heterocycles. The summed E-state index contributed by atoms with van der Waals surface area (Å²) >= 11 is 3.34. The third-order valence-corrected chi connectivity index (χ3v) is 3.90. The van der Waals surface area contributed by atoms with Crippen molar-refractivity contribution in [2.45, 2.75) is 18.5 Å². The number of hydrogen-bond acceptors (Lipinski definition) is 5. The Hall–Kier alpha value is -1.15. The summed E-state index contributed by atoms with van der Waals surface area (Å²) in [5, 5.41) is 5.93. The van der Waals surface area contributed by atoms with Gasteiger partial charge in [0.15, 0.2) is 6.04 Å². The molecule has 2 atom stereocenters. The SMILES string of the molecule is COC(=O)C(NC(=O)CC1COCCN1)c1ccc(Br)cc1.Cl. The largest absolute Gasteiger partial charge is 0.467 e. The van der Waals surface area contributed by atoms with Crippen molar-refractivity contribution in [3.8, 4) is 0 Å². The minimum Gasteiger partial charge on any atom is -0.467 e. The van der Waals surface area contributed by atoms with Crippen LogP contribution in [0.5, 0.6) is 0 Å². The summed E-state index contributed by atoms with van der Waals surface area (Å²) in [5.41, 5.74) is 0.677. The second kappa shape index (κ2) is 9.87. The molecule has 1 amide bonds. The number of halogens is 2. The Labute approximate surface area is 149 Å². The van der Waals surface area contributed by atoms with Crippen LogP contribution in [0.15, 0.2) is 28.7 Å². The molecule has 2 rings (SSSR count). The third-order valence-electron chi connectivity index (χ3n) is 3.38. The predicted octanol–water partition coefficient (Wildman–Crippen LogP) is 1.58. The van der Waals surface area contributed by atoms with Gasteiger partial charge < -0.3 is 20.1 Å². The summed E-state index contributed by atoms with van der Waals surface area (Å²) < 4.78 is 11.0. The molecule has 8 heteroatoms. The molecule has 0 aliphatic carbocycles. The van der Waals surface area contributed by atoms with Gasteiger partial charge in [-0.1, -0.05) is 28.1 Å². The number of morpholine rings is 1. The van der Waals surface area contributed by atoms with Crippen LogP contribution in [0.25, 0.3) is 0 Å². The number of carbonyl (C=O) groups is 2. The first kappa shape index (κ1) is 19.9. The number of carbonyl (C=O) groups excluding carboxylic acids is 2. The Morgan fingerprint density at radius 1 is 1.43 bits per heavy atom. The number of rotatable bonds is 5. The number of nitrogens with one attached hydrogen (secondary N) is 2. The highest BCUT2D eigenvalue weighted by atomic mass is 79.9. The van der Waals surface area contributed by atoms with Crippen LogP contribution in [0.2, 0.25) is 0 Å². The molecule has 0 saturated carbocycles. The first-order valence-electron chi connectivity index (χ1n) is 7.04. The van der Waals surface area contributed by atoms with E-state index in [4.69, 9.17) is 9.47 Å². The van der Waals surface area contributed by atoms with Gasteiger partial charge in [0.05, 0.1) is 20.3 Å². The summed E-state index contributed by atoms with van der Waals surface area (Å²) in [6.07, 6.45) is 0.254. The van der Waals surface area contributed by atoms with E-state index in [1.54, 1.807) is 12.1 Å². The number of benzene rings is 1. The van der Waals surface area contributed by atoms with Gasteiger partial charge in [0.2, 0.25) is 5.91 Å². The van der Waals surface area contributed by atoms with Crippen LogP contribution in [0.1, 0.15) is 18.0 Å². The van der Waals surface area contributed by atoms with Crippen LogP contribution in [0, 0.1) is 0 Å². The smallest absolute Gasteiger partial charge is 0.333 e. The molecule has 0 radical (unpaired) electrons. The molecule has 1 aliphatic rings. The summed E-state index contributed by atoms with van der Waals surface area (Å²) in [5.74, 6) is -0.718. The molecule has 2 unspecified atom stereocenters. The average Bonchev–Trinajstić information content (AvgIpc) is 2.54. The molecule has 0 bridgehead atoms. The van der Waals surface area contributed by atoms with Gasteiger partial charge >= 0.3 is 5.97 Å². The second-order valence-corrected chi connectivity index (χ2v) is 5.92. The van der Waals surface area contributed by atoms with Crippen molar-refractivity contribution in [2.24, 2.45) is 0 Å². The lowest BCUT2D eigenvalue weighted by atomic mass is 10.1. The van der Waals surface area contributed by atoms with Gasteiger partial charge in [-0.3, -0.25) is 4.79 Å². The number of methoxy groups -OCH3 is 1. The Bertz CT molecular complexity index is 521. The fraction of sp³-hybridized carbons (Fsp3) is 0.467. The first-order chi connectivity index (χ1) is 10.6. The highest BCUT2D eigenvalue weighted by Gasteiger charge is 2.25. The van der Waals surface area contributed by atoms with Gasteiger partial charge in [-0.2, -0.15) is 0 Å². The summed E-state index contributed by atoms with van der Waals surface area (Å²) in [6.45, 7) is 1.88. The van der Waals surface area contributed by atoms with Crippen molar-refractivity contribution in [2.75, 3.05) is 26.9 Å². The molecule has 23 heavy (non-hydrogen) atoms. The zero-order valence-corrected chi connectivity index (χ0v) is 15.1. The van der Waals surface area contributed by atoms with Gasteiger partial charge in [-0.25, -0.2) is 4.79 Å². The maximum atomic E-state index is 12.2. The van der Waals surface area contributed by atoms with Crippen molar-refractivity contribution in [1.29, 1.82) is 0 Å². The van der Waals surface area contributed by atoms with Crippen LogP contribution in [-0.2, 0) is 19.1 Å². The van der Waals surface area contributed by atoms with Gasteiger partial charge in [-0.15, -0.1) is 12.4 Å². The van der Waals surface area contributed by atoms with Crippen molar-refractivity contribution < 1.29 is 19.1 Å². The maximum Gasteiger partial charge on any atom is 0.333 e. The standard InChI is InChI=1S/C15H19BrN2O4.ClH/c1-21-15(20)14(10-2-4-11(16)5-3-10)18-13(19)8-12-9-22-7-6-17-12;/h2-5,12,14,17H,6-9H2,1H3,(H,18,19);1H. The van der Waals surface area contributed by atoms with E-state index < -0.39 is 12.0 Å². The van der Waals surface area contributed by atoms with Gasteiger partial charge in [0, 0.05) is 23.5 Å². The highest BCUT2D eigenvalue weighted by molar-refractivity contribution is 9.10. The zero-order valence-electron chi connectivity index (χ0n) is 12.7. The maximum absolute atomic E-state index is 12.2. The minimum atomic E-state index is -0.810. The second-order valence-electron chi connectivity index (χ2n) is 5.01. The third kappa shape index (κ3) is 6.10. The number of ether oxygens (including phenoxy) is 2. The number of amides is 1. The fourth-order valence-corrected chi connectivity index (χ4v) is 2.51. The molecule has 1 aromatic rings. The first-order valence-corrected chi connectivity index (χ1v) is 7.83. The topological polar surface area (TPSA) is 76.7 Å². The lowest BCUT2D eigenvalue weighted by Gasteiger charge is -2.24. The van der Waals surface area contributed by atoms with Gasteiger partial charge in [0.25, 0.3) is 0 Å². The molecule has 0 aromatic heterocycles. The molecular weight excluding hydrogens is 388 g/mol.